The number of Topliss-reactive ketones (excluding diaryl/α,β-unsaturated/α-hetero) is 1. The summed E-state index contributed by atoms with van der Waals surface area (Å²) in [6, 6.07) is 0. The highest BCUT2D eigenvalue weighted by atomic mass is 16.1. The number of allylic oxidation sites excluding steroid dienone is 4. The van der Waals surface area contributed by atoms with Crippen molar-refractivity contribution in [2.24, 2.45) is 17.3 Å². The van der Waals surface area contributed by atoms with Gasteiger partial charge in [-0.25, -0.2) is 0 Å². The van der Waals surface area contributed by atoms with Gasteiger partial charge in [0.05, 0.1) is 0 Å². The molecule has 0 heterocycles. The Bertz CT molecular complexity index is 376. The highest BCUT2D eigenvalue weighted by molar-refractivity contribution is 5.82. The molecule has 2 atom stereocenters. The molecule has 0 aromatic rings. The molecule has 1 aliphatic carbocycles. The van der Waals surface area contributed by atoms with Crippen molar-refractivity contribution in [2.45, 2.75) is 67.2 Å². The molecule has 0 radical (unpaired) electrons. The van der Waals surface area contributed by atoms with Crippen molar-refractivity contribution in [1.82, 2.24) is 0 Å². The molecular weight excluding hydrogens is 232 g/mol. The molecule has 108 valence electrons. The minimum absolute atomic E-state index is 0.118. The van der Waals surface area contributed by atoms with Crippen molar-refractivity contribution < 1.29 is 4.79 Å². The van der Waals surface area contributed by atoms with E-state index in [1.807, 2.05) is 0 Å². The lowest BCUT2D eigenvalue weighted by atomic mass is 9.59. The fraction of sp³-hybridized carbons (Fsp3) is 0.722. The first-order chi connectivity index (χ1) is 8.75. The molecule has 0 amide bonds. The number of ketones is 1. The van der Waals surface area contributed by atoms with Crippen LogP contribution in [-0.4, -0.2) is 5.78 Å². The second-order valence-corrected chi connectivity index (χ2v) is 7.11. The minimum Gasteiger partial charge on any atom is -0.299 e. The van der Waals surface area contributed by atoms with Crippen LogP contribution in [0.3, 0.4) is 0 Å². The molecule has 0 aromatic carbocycles. The highest BCUT2D eigenvalue weighted by Gasteiger charge is 2.43. The van der Waals surface area contributed by atoms with Crippen LogP contribution in [0, 0.1) is 17.3 Å². The number of carbonyl (C=O) groups is 1. The first-order valence-electron chi connectivity index (χ1n) is 7.54. The zero-order valence-electron chi connectivity index (χ0n) is 13.5. The van der Waals surface area contributed by atoms with Crippen LogP contribution in [0.15, 0.2) is 23.3 Å². The largest absolute Gasteiger partial charge is 0.299 e. The molecule has 1 nitrogen and oxygen atoms in total. The summed E-state index contributed by atoms with van der Waals surface area (Å²) < 4.78 is 0. The Balaban J connectivity index is 2.86. The summed E-state index contributed by atoms with van der Waals surface area (Å²) in [4.78, 5) is 12.3. The molecule has 0 N–H and O–H groups in total. The van der Waals surface area contributed by atoms with Crippen LogP contribution in [0.1, 0.15) is 67.2 Å². The van der Waals surface area contributed by atoms with Gasteiger partial charge in [-0.15, -0.1) is 0 Å². The number of hydrogen-bond donors (Lipinski definition) is 0. The zero-order valence-corrected chi connectivity index (χ0v) is 13.5. The van der Waals surface area contributed by atoms with E-state index in [1.165, 1.54) is 11.1 Å². The maximum Gasteiger partial charge on any atom is 0.136 e. The minimum atomic E-state index is 0.118. The summed E-state index contributed by atoms with van der Waals surface area (Å²) in [7, 11) is 0. The van der Waals surface area contributed by atoms with E-state index in [9.17, 15) is 4.79 Å². The number of hydrogen-bond acceptors (Lipinski definition) is 1. The number of carbonyl (C=O) groups excluding carboxylic acids is 1. The third-order valence-electron chi connectivity index (χ3n) is 4.65. The lowest BCUT2D eigenvalue weighted by Crippen LogP contribution is -2.41. The molecule has 1 fully saturated rings. The molecule has 0 bridgehead atoms. The maximum atomic E-state index is 12.3. The number of rotatable bonds is 4. The Kier molecular flexibility index (Phi) is 5.58. The van der Waals surface area contributed by atoms with Gasteiger partial charge in [-0.1, -0.05) is 37.1 Å². The second-order valence-electron chi connectivity index (χ2n) is 7.11. The van der Waals surface area contributed by atoms with Crippen LogP contribution >= 0.6 is 0 Å². The lowest BCUT2D eigenvalue weighted by molar-refractivity contribution is -0.132. The Morgan fingerprint density at radius 3 is 2.16 bits per heavy atom. The Morgan fingerprint density at radius 2 is 1.63 bits per heavy atom. The van der Waals surface area contributed by atoms with Crippen molar-refractivity contribution in [2.75, 3.05) is 0 Å². The van der Waals surface area contributed by atoms with E-state index in [4.69, 9.17) is 0 Å². The molecule has 0 saturated heterocycles. The van der Waals surface area contributed by atoms with Crippen LogP contribution in [0.2, 0.25) is 0 Å². The molecule has 1 aliphatic rings. The van der Waals surface area contributed by atoms with Gasteiger partial charge in [0, 0.05) is 12.3 Å². The van der Waals surface area contributed by atoms with E-state index in [-0.39, 0.29) is 11.3 Å². The summed E-state index contributed by atoms with van der Waals surface area (Å²) in [5.41, 5.74) is 2.82. The predicted octanol–water partition coefficient (Wildman–Crippen LogP) is 5.32. The van der Waals surface area contributed by atoms with E-state index in [2.05, 4.69) is 53.7 Å². The van der Waals surface area contributed by atoms with Gasteiger partial charge < -0.3 is 0 Å². The fourth-order valence-corrected chi connectivity index (χ4v) is 3.15. The van der Waals surface area contributed by atoms with Gasteiger partial charge in [-0.05, 0) is 58.3 Å². The molecular formula is C18H30O. The monoisotopic (exact) mass is 262 g/mol. The van der Waals surface area contributed by atoms with Crippen molar-refractivity contribution >= 4 is 5.78 Å². The molecule has 1 saturated carbocycles. The topological polar surface area (TPSA) is 17.1 Å². The van der Waals surface area contributed by atoms with Gasteiger partial charge in [0.2, 0.25) is 0 Å². The van der Waals surface area contributed by atoms with E-state index >= 15 is 0 Å². The van der Waals surface area contributed by atoms with E-state index in [0.717, 1.165) is 25.7 Å². The van der Waals surface area contributed by atoms with Gasteiger partial charge in [0.15, 0.2) is 0 Å². The Morgan fingerprint density at radius 1 is 1.11 bits per heavy atom. The fourth-order valence-electron chi connectivity index (χ4n) is 3.15. The zero-order chi connectivity index (χ0) is 14.6. The Hall–Kier alpha value is -0.850. The SMILES string of the molecule is CC(C)=CCC1CCC(=O)C(CC=C(C)C)C1(C)C. The summed E-state index contributed by atoms with van der Waals surface area (Å²) in [5.74, 6) is 1.30. The molecule has 0 spiro atoms. The van der Waals surface area contributed by atoms with Crippen molar-refractivity contribution in [3.8, 4) is 0 Å². The van der Waals surface area contributed by atoms with Crippen LogP contribution in [0.5, 0.6) is 0 Å². The molecule has 19 heavy (non-hydrogen) atoms. The molecule has 1 rings (SSSR count). The summed E-state index contributed by atoms with van der Waals surface area (Å²) >= 11 is 0. The first kappa shape index (κ1) is 16.2. The van der Waals surface area contributed by atoms with E-state index < -0.39 is 0 Å². The maximum absolute atomic E-state index is 12.3. The third-order valence-corrected chi connectivity index (χ3v) is 4.65. The first-order valence-corrected chi connectivity index (χ1v) is 7.54. The molecule has 1 heteroatoms. The summed E-state index contributed by atoms with van der Waals surface area (Å²) in [6.07, 6.45) is 8.42. The van der Waals surface area contributed by atoms with Crippen molar-refractivity contribution in [3.05, 3.63) is 23.3 Å². The normalized spacial score (nSPS) is 25.9. The summed E-state index contributed by atoms with van der Waals surface area (Å²) in [6.45, 7) is 13.1. The average Bonchev–Trinajstić information content (AvgIpc) is 2.26. The standard InChI is InChI=1S/C18H30O/c1-13(2)7-9-15-10-12-17(19)16(18(15,5)6)11-8-14(3)4/h7-8,15-16H,9-12H2,1-6H3. The van der Waals surface area contributed by atoms with Gasteiger partial charge >= 0.3 is 0 Å². The lowest BCUT2D eigenvalue weighted by Gasteiger charge is -2.44. The molecule has 2 unspecified atom stereocenters. The van der Waals surface area contributed by atoms with Gasteiger partial charge in [0.1, 0.15) is 5.78 Å². The third kappa shape index (κ3) is 4.33. The summed E-state index contributed by atoms with van der Waals surface area (Å²) in [5, 5.41) is 0. The van der Waals surface area contributed by atoms with E-state index in [1.54, 1.807) is 0 Å². The predicted molar refractivity (Wildman–Crippen MR) is 83.1 cm³/mol. The quantitative estimate of drug-likeness (QED) is 0.627. The van der Waals surface area contributed by atoms with Crippen LogP contribution in [0.4, 0.5) is 0 Å². The van der Waals surface area contributed by atoms with Crippen molar-refractivity contribution in [3.63, 3.8) is 0 Å². The smallest absolute Gasteiger partial charge is 0.136 e. The second kappa shape index (κ2) is 6.54. The van der Waals surface area contributed by atoms with Crippen molar-refractivity contribution in [1.29, 1.82) is 0 Å². The molecule has 0 aliphatic heterocycles. The highest BCUT2D eigenvalue weighted by Crippen LogP contribution is 2.46. The van der Waals surface area contributed by atoms with E-state index in [0.29, 0.717) is 11.7 Å². The van der Waals surface area contributed by atoms with Crippen LogP contribution in [-0.2, 0) is 4.79 Å². The van der Waals surface area contributed by atoms with Gasteiger partial charge in [-0.2, -0.15) is 0 Å². The van der Waals surface area contributed by atoms with Gasteiger partial charge in [0.25, 0.3) is 0 Å². The average molecular weight is 262 g/mol. The van der Waals surface area contributed by atoms with Gasteiger partial charge in [-0.3, -0.25) is 4.79 Å². The Labute approximate surface area is 119 Å². The molecule has 0 aromatic heterocycles. The van der Waals surface area contributed by atoms with Crippen LogP contribution in [0.25, 0.3) is 0 Å². The van der Waals surface area contributed by atoms with Crippen LogP contribution < -0.4 is 0 Å².